The van der Waals surface area contributed by atoms with Crippen LogP contribution in [-0.4, -0.2) is 4.98 Å². The molecule has 0 spiro atoms. The molecule has 0 aliphatic heterocycles. The quantitative estimate of drug-likeness (QED) is 0.642. The lowest BCUT2D eigenvalue weighted by Gasteiger charge is -2.04. The molecule has 0 N–H and O–H groups in total. The summed E-state index contributed by atoms with van der Waals surface area (Å²) in [6, 6.07) is 25.5. The molecule has 1 heteroatoms. The monoisotopic (exact) mass is 230 g/mol. The lowest BCUT2D eigenvalue weighted by Crippen LogP contribution is -1.84. The summed E-state index contributed by atoms with van der Waals surface area (Å²) < 4.78 is 0. The number of aromatic nitrogens is 1. The highest BCUT2D eigenvalue weighted by Crippen LogP contribution is 2.23. The van der Waals surface area contributed by atoms with Crippen molar-refractivity contribution < 1.29 is 0 Å². The summed E-state index contributed by atoms with van der Waals surface area (Å²) in [5.74, 6) is 0. The van der Waals surface area contributed by atoms with E-state index in [1.54, 1.807) is 0 Å². The Morgan fingerprint density at radius 3 is 2.39 bits per heavy atom. The third kappa shape index (κ3) is 2.16. The number of hydrogen-bond acceptors (Lipinski definition) is 1. The molecule has 0 saturated carbocycles. The molecule has 0 bridgehead atoms. The zero-order chi connectivity index (χ0) is 12.2. The Kier molecular flexibility index (Phi) is 2.89. The van der Waals surface area contributed by atoms with Crippen molar-refractivity contribution in [3.05, 3.63) is 79.0 Å². The summed E-state index contributed by atoms with van der Waals surface area (Å²) in [6.45, 7) is 0. The predicted octanol–water partition coefficient (Wildman–Crippen LogP) is 4.22. The van der Waals surface area contributed by atoms with Gasteiger partial charge in [-0.05, 0) is 29.3 Å². The molecule has 18 heavy (non-hydrogen) atoms. The van der Waals surface area contributed by atoms with Crippen molar-refractivity contribution in [1.29, 1.82) is 0 Å². The van der Waals surface area contributed by atoms with Crippen LogP contribution in [-0.2, 0) is 0 Å². The van der Waals surface area contributed by atoms with Crippen LogP contribution in [0.2, 0.25) is 0 Å². The van der Waals surface area contributed by atoms with Crippen LogP contribution in [0.25, 0.3) is 22.4 Å². The fraction of sp³-hybridized carbons (Fsp3) is 0. The van der Waals surface area contributed by atoms with Crippen LogP contribution in [0.1, 0.15) is 0 Å². The highest BCUT2D eigenvalue weighted by atomic mass is 14.7. The van der Waals surface area contributed by atoms with E-state index >= 15 is 0 Å². The van der Waals surface area contributed by atoms with E-state index in [1.807, 2.05) is 48.7 Å². The lowest BCUT2D eigenvalue weighted by atomic mass is 10.0. The fourth-order valence-corrected chi connectivity index (χ4v) is 1.94. The molecule has 1 heterocycles. The van der Waals surface area contributed by atoms with E-state index in [1.165, 1.54) is 0 Å². The molecular weight excluding hydrogens is 218 g/mol. The first kappa shape index (κ1) is 10.7. The molecule has 0 fully saturated rings. The van der Waals surface area contributed by atoms with Gasteiger partial charge in [0.25, 0.3) is 0 Å². The summed E-state index contributed by atoms with van der Waals surface area (Å²) in [5.41, 5.74) is 4.36. The van der Waals surface area contributed by atoms with Gasteiger partial charge in [-0.25, -0.2) is 0 Å². The summed E-state index contributed by atoms with van der Waals surface area (Å²) in [4.78, 5) is 4.42. The lowest BCUT2D eigenvalue weighted by molar-refractivity contribution is 1.33. The molecule has 2 aromatic carbocycles. The first-order valence-electron chi connectivity index (χ1n) is 5.92. The highest BCUT2D eigenvalue weighted by molar-refractivity contribution is 5.69. The van der Waals surface area contributed by atoms with Gasteiger partial charge in [0, 0.05) is 11.8 Å². The minimum Gasteiger partial charge on any atom is -0.256 e. The topological polar surface area (TPSA) is 12.9 Å². The smallest absolute Gasteiger partial charge is 0.0708 e. The van der Waals surface area contributed by atoms with Crippen LogP contribution >= 0.6 is 0 Å². The van der Waals surface area contributed by atoms with E-state index in [0.717, 1.165) is 22.4 Å². The van der Waals surface area contributed by atoms with Gasteiger partial charge < -0.3 is 0 Å². The van der Waals surface area contributed by atoms with Crippen LogP contribution in [0.15, 0.2) is 72.9 Å². The zero-order valence-corrected chi connectivity index (χ0v) is 9.88. The number of benzene rings is 2. The minimum absolute atomic E-state index is 0.991. The van der Waals surface area contributed by atoms with Gasteiger partial charge in [0.2, 0.25) is 0 Å². The Labute approximate surface area is 107 Å². The average molecular weight is 230 g/mol. The molecule has 3 rings (SSSR count). The van der Waals surface area contributed by atoms with Gasteiger partial charge in [-0.3, -0.25) is 4.98 Å². The van der Waals surface area contributed by atoms with Crippen molar-refractivity contribution in [1.82, 2.24) is 4.98 Å². The minimum atomic E-state index is 0.991. The van der Waals surface area contributed by atoms with Crippen molar-refractivity contribution in [2.45, 2.75) is 0 Å². The van der Waals surface area contributed by atoms with Gasteiger partial charge in [0.15, 0.2) is 0 Å². The van der Waals surface area contributed by atoms with Crippen molar-refractivity contribution >= 4 is 0 Å². The second-order valence-electron chi connectivity index (χ2n) is 4.07. The number of nitrogens with zero attached hydrogens (tertiary/aromatic N) is 1. The molecular formula is C17H12N. The Morgan fingerprint density at radius 1 is 0.778 bits per heavy atom. The van der Waals surface area contributed by atoms with Gasteiger partial charge in [0.05, 0.1) is 5.69 Å². The second-order valence-corrected chi connectivity index (χ2v) is 4.07. The molecule has 0 unspecified atom stereocenters. The van der Waals surface area contributed by atoms with Crippen molar-refractivity contribution in [3.63, 3.8) is 0 Å². The Hall–Kier alpha value is -2.41. The third-order valence-electron chi connectivity index (χ3n) is 2.85. The van der Waals surface area contributed by atoms with E-state index in [2.05, 4.69) is 35.3 Å². The first-order chi connectivity index (χ1) is 8.93. The molecule has 0 atom stereocenters. The molecule has 3 aromatic rings. The van der Waals surface area contributed by atoms with E-state index in [4.69, 9.17) is 0 Å². The van der Waals surface area contributed by atoms with Gasteiger partial charge in [-0.2, -0.15) is 0 Å². The molecule has 85 valence electrons. The predicted molar refractivity (Wildman–Crippen MR) is 73.9 cm³/mol. The van der Waals surface area contributed by atoms with Crippen molar-refractivity contribution in [2.24, 2.45) is 0 Å². The maximum Gasteiger partial charge on any atom is 0.0708 e. The SMILES string of the molecule is [c]1ccccc1-c1ccnc(-c2ccccc2)c1. The molecule has 1 aromatic heterocycles. The van der Waals surface area contributed by atoms with Crippen molar-refractivity contribution in [3.8, 4) is 22.4 Å². The second kappa shape index (κ2) is 4.84. The third-order valence-corrected chi connectivity index (χ3v) is 2.85. The van der Waals surface area contributed by atoms with Crippen LogP contribution in [0.4, 0.5) is 0 Å². The molecule has 1 radical (unpaired) electrons. The molecule has 0 amide bonds. The summed E-state index contributed by atoms with van der Waals surface area (Å²) in [5, 5.41) is 0. The Bertz CT molecular complexity index is 575. The first-order valence-corrected chi connectivity index (χ1v) is 5.92. The van der Waals surface area contributed by atoms with Gasteiger partial charge >= 0.3 is 0 Å². The van der Waals surface area contributed by atoms with E-state index in [0.29, 0.717) is 0 Å². The van der Waals surface area contributed by atoms with Gasteiger partial charge in [-0.15, -0.1) is 0 Å². The number of rotatable bonds is 2. The fourth-order valence-electron chi connectivity index (χ4n) is 1.94. The van der Waals surface area contributed by atoms with Gasteiger partial charge in [0.1, 0.15) is 0 Å². The van der Waals surface area contributed by atoms with E-state index in [9.17, 15) is 0 Å². The molecule has 0 aliphatic carbocycles. The molecule has 1 nitrogen and oxygen atoms in total. The van der Waals surface area contributed by atoms with Crippen molar-refractivity contribution in [2.75, 3.05) is 0 Å². The van der Waals surface area contributed by atoms with E-state index in [-0.39, 0.29) is 0 Å². The Balaban J connectivity index is 2.05. The standard InChI is InChI=1S/C17H12N/c1-3-7-14(8-4-1)16-11-12-18-17(13-16)15-9-5-2-6-10-15/h1-7,9-13H. The van der Waals surface area contributed by atoms with Gasteiger partial charge in [-0.1, -0.05) is 54.6 Å². The maximum absolute atomic E-state index is 4.42. The Morgan fingerprint density at radius 2 is 1.61 bits per heavy atom. The largest absolute Gasteiger partial charge is 0.256 e. The summed E-state index contributed by atoms with van der Waals surface area (Å²) in [6.07, 6.45) is 1.85. The van der Waals surface area contributed by atoms with Crippen LogP contribution < -0.4 is 0 Å². The summed E-state index contributed by atoms with van der Waals surface area (Å²) in [7, 11) is 0. The molecule has 0 aliphatic rings. The number of hydrogen-bond donors (Lipinski definition) is 0. The normalized spacial score (nSPS) is 10.2. The average Bonchev–Trinajstić information content (AvgIpc) is 2.49. The highest BCUT2D eigenvalue weighted by Gasteiger charge is 2.01. The zero-order valence-electron chi connectivity index (χ0n) is 9.88. The van der Waals surface area contributed by atoms with E-state index < -0.39 is 0 Å². The molecule has 0 saturated heterocycles. The maximum atomic E-state index is 4.42. The van der Waals surface area contributed by atoms with Crippen LogP contribution in [0.5, 0.6) is 0 Å². The van der Waals surface area contributed by atoms with Crippen LogP contribution in [0.3, 0.4) is 0 Å². The van der Waals surface area contributed by atoms with Crippen LogP contribution in [0, 0.1) is 6.07 Å². The number of pyridine rings is 1. The summed E-state index contributed by atoms with van der Waals surface area (Å²) >= 11 is 0.